The Morgan fingerprint density at radius 3 is 1.65 bits per heavy atom. The van der Waals surface area contributed by atoms with Crippen LogP contribution in [0.3, 0.4) is 0 Å². The standard InChI is InChI=1S/C17H17Cl2O3P.C15H13Cl2O3P.2Li.2H/c1-3-21-11-9-12(18)16(13(19)10-11)17(20)23-15-8-6-5-7-14(15)22-4-2;1-19-9-6-7-13(12(8-9)20-2)21-15(18)14-10(16)4-3-5-11(14)17;;;;/h5-10,23H,3-4H2,1-2H3;3-8,21H,1-2H3;;;;/q;;2*+1;2*-1. The van der Waals surface area contributed by atoms with Crippen molar-refractivity contribution in [3.05, 3.63) is 104 Å². The summed E-state index contributed by atoms with van der Waals surface area (Å²) < 4.78 is 21.4. The molecule has 0 aliphatic carbocycles. The molecular formula is C32H32Cl4Li2O6P2. The molecule has 0 N–H and O–H groups in total. The van der Waals surface area contributed by atoms with Gasteiger partial charge in [0.05, 0.1) is 58.7 Å². The van der Waals surface area contributed by atoms with E-state index in [-0.39, 0.29) is 68.8 Å². The monoisotopic (exact) mass is 728 g/mol. The predicted octanol–water partition coefficient (Wildman–Crippen LogP) is 3.32. The number of methoxy groups -OCH3 is 2. The van der Waals surface area contributed by atoms with Gasteiger partial charge < -0.3 is 21.8 Å². The minimum absolute atomic E-state index is 0. The van der Waals surface area contributed by atoms with Crippen LogP contribution in [0.25, 0.3) is 0 Å². The van der Waals surface area contributed by atoms with Crippen LogP contribution in [-0.4, -0.2) is 38.5 Å². The van der Waals surface area contributed by atoms with Gasteiger partial charge in [-0.05, 0) is 73.5 Å². The molecule has 6 nitrogen and oxygen atoms in total. The first-order valence-corrected chi connectivity index (χ1v) is 16.8. The molecule has 2 unspecified atom stereocenters. The molecule has 0 aromatic heterocycles. The fraction of sp³-hybridized carbons (Fsp3) is 0.188. The van der Waals surface area contributed by atoms with Gasteiger partial charge in [0.15, 0.2) is 11.0 Å². The van der Waals surface area contributed by atoms with Gasteiger partial charge in [0, 0.05) is 16.7 Å². The van der Waals surface area contributed by atoms with Gasteiger partial charge >= 0.3 is 37.7 Å². The number of benzene rings is 4. The smallest absolute Gasteiger partial charge is 1.00 e. The Kier molecular flexibility index (Phi) is 20.0. The third kappa shape index (κ3) is 12.0. The molecule has 236 valence electrons. The predicted molar refractivity (Wildman–Crippen MR) is 188 cm³/mol. The van der Waals surface area contributed by atoms with E-state index in [2.05, 4.69) is 0 Å². The van der Waals surface area contributed by atoms with E-state index in [1.165, 1.54) is 0 Å². The number of hydrogen-bond acceptors (Lipinski definition) is 6. The third-order valence-electron chi connectivity index (χ3n) is 5.84. The van der Waals surface area contributed by atoms with Gasteiger partial charge in [-0.3, -0.25) is 9.59 Å². The van der Waals surface area contributed by atoms with E-state index >= 15 is 0 Å². The van der Waals surface area contributed by atoms with Crippen LogP contribution in [0.15, 0.2) is 72.8 Å². The molecule has 0 saturated carbocycles. The fourth-order valence-electron chi connectivity index (χ4n) is 3.85. The van der Waals surface area contributed by atoms with Crippen molar-refractivity contribution in [1.29, 1.82) is 0 Å². The summed E-state index contributed by atoms with van der Waals surface area (Å²) >= 11 is 24.6. The van der Waals surface area contributed by atoms with Gasteiger partial charge in [-0.1, -0.05) is 70.7 Å². The van der Waals surface area contributed by atoms with Crippen molar-refractivity contribution < 1.29 is 69.1 Å². The van der Waals surface area contributed by atoms with Crippen LogP contribution in [0.1, 0.15) is 37.4 Å². The minimum Gasteiger partial charge on any atom is -1.00 e. The fourth-order valence-corrected chi connectivity index (χ4v) is 7.58. The van der Waals surface area contributed by atoms with E-state index in [0.717, 1.165) is 10.6 Å². The van der Waals surface area contributed by atoms with Crippen molar-refractivity contribution in [3.8, 4) is 23.0 Å². The van der Waals surface area contributed by atoms with Crippen LogP contribution in [0.2, 0.25) is 20.1 Å². The van der Waals surface area contributed by atoms with Crippen LogP contribution in [0, 0.1) is 0 Å². The minimum atomic E-state index is -0.136. The first-order valence-electron chi connectivity index (χ1n) is 13.3. The molecular weight excluding hydrogens is 698 g/mol. The first kappa shape index (κ1) is 42.7. The summed E-state index contributed by atoms with van der Waals surface area (Å²) in [5, 5.41) is 2.92. The Hall–Kier alpha value is -1.37. The SMILES string of the molecule is CCOc1cc(Cl)c(C(=O)Pc2ccccc2OCC)c(Cl)c1.COc1ccc(PC(=O)c2c(Cl)cccc2Cl)c(OC)c1.[H-].[H-].[Li+].[Li+]. The maximum absolute atomic E-state index is 12.6. The molecule has 0 amide bonds. The third-order valence-corrected chi connectivity index (χ3v) is 9.38. The average molecular weight is 730 g/mol. The number of halogens is 4. The quantitative estimate of drug-likeness (QED) is 0.165. The maximum Gasteiger partial charge on any atom is 1.00 e. The molecule has 0 aliphatic rings. The van der Waals surface area contributed by atoms with Crippen molar-refractivity contribution >= 4 is 85.2 Å². The van der Waals surface area contributed by atoms with Crippen LogP contribution < -0.4 is 67.3 Å². The van der Waals surface area contributed by atoms with Crippen LogP contribution in [0.4, 0.5) is 0 Å². The van der Waals surface area contributed by atoms with Gasteiger partial charge in [0.1, 0.15) is 23.0 Å². The molecule has 4 aromatic rings. The Morgan fingerprint density at radius 2 is 1.13 bits per heavy atom. The normalized spacial score (nSPS) is 10.4. The second kappa shape index (κ2) is 21.6. The Bertz CT molecular complexity index is 1600. The van der Waals surface area contributed by atoms with E-state index in [0.29, 0.717) is 67.4 Å². The number of rotatable bonds is 12. The summed E-state index contributed by atoms with van der Waals surface area (Å²) in [5.41, 5.74) is 0.405. The summed E-state index contributed by atoms with van der Waals surface area (Å²) in [5.74, 6) is 2.53. The van der Waals surface area contributed by atoms with Gasteiger partial charge in [-0.15, -0.1) is 0 Å². The van der Waals surface area contributed by atoms with Crippen molar-refractivity contribution in [2.24, 2.45) is 0 Å². The Labute approximate surface area is 320 Å². The van der Waals surface area contributed by atoms with Gasteiger partial charge in [0.25, 0.3) is 0 Å². The zero-order valence-corrected chi connectivity index (χ0v) is 31.3. The van der Waals surface area contributed by atoms with Crippen molar-refractivity contribution in [2.75, 3.05) is 27.4 Å². The number of ether oxygens (including phenoxy) is 4. The zero-order chi connectivity index (χ0) is 32.2. The molecule has 0 radical (unpaired) electrons. The Morgan fingerprint density at radius 1 is 0.609 bits per heavy atom. The zero-order valence-electron chi connectivity index (χ0n) is 28.3. The average Bonchev–Trinajstić information content (AvgIpc) is 2.98. The van der Waals surface area contributed by atoms with E-state index < -0.39 is 0 Å². The summed E-state index contributed by atoms with van der Waals surface area (Å²) in [6.45, 7) is 4.82. The van der Waals surface area contributed by atoms with Crippen LogP contribution in [0.5, 0.6) is 23.0 Å². The van der Waals surface area contributed by atoms with E-state index in [1.807, 2.05) is 38.1 Å². The van der Waals surface area contributed by atoms with E-state index in [1.54, 1.807) is 62.8 Å². The van der Waals surface area contributed by atoms with Crippen LogP contribution >= 0.6 is 63.6 Å². The Balaban J connectivity index is 0. The number of hydrogen-bond donors (Lipinski definition) is 0. The van der Waals surface area contributed by atoms with Gasteiger partial charge in [-0.2, -0.15) is 0 Å². The number of carbonyl (C=O) groups is 2. The van der Waals surface area contributed by atoms with E-state index in [9.17, 15) is 9.59 Å². The second-order valence-corrected chi connectivity index (χ2v) is 12.8. The first-order chi connectivity index (χ1) is 21.1. The molecule has 2 atom stereocenters. The molecule has 0 fully saturated rings. The van der Waals surface area contributed by atoms with Crippen molar-refractivity contribution in [3.63, 3.8) is 0 Å². The molecule has 46 heavy (non-hydrogen) atoms. The molecule has 0 bridgehead atoms. The molecule has 14 heteroatoms. The topological polar surface area (TPSA) is 71.1 Å². The summed E-state index contributed by atoms with van der Waals surface area (Å²) in [4.78, 5) is 25.1. The summed E-state index contributed by atoms with van der Waals surface area (Å²) in [6.07, 6.45) is 0. The molecule has 0 aliphatic heterocycles. The molecule has 4 aromatic carbocycles. The number of carbonyl (C=O) groups excluding carboxylic acids is 2. The largest absolute Gasteiger partial charge is 1.00 e. The molecule has 0 heterocycles. The van der Waals surface area contributed by atoms with E-state index in [4.69, 9.17) is 65.4 Å². The summed E-state index contributed by atoms with van der Waals surface area (Å²) in [6, 6.07) is 21.0. The second-order valence-electron chi connectivity index (χ2n) is 8.70. The van der Waals surface area contributed by atoms with Gasteiger partial charge in [0.2, 0.25) is 0 Å². The molecule has 0 saturated heterocycles. The summed E-state index contributed by atoms with van der Waals surface area (Å²) in [7, 11) is 2.87. The van der Waals surface area contributed by atoms with Crippen LogP contribution in [-0.2, 0) is 0 Å². The molecule has 4 rings (SSSR count). The van der Waals surface area contributed by atoms with Crippen molar-refractivity contribution in [1.82, 2.24) is 0 Å². The molecule has 0 spiro atoms. The van der Waals surface area contributed by atoms with Gasteiger partial charge in [-0.25, -0.2) is 0 Å². The van der Waals surface area contributed by atoms with Crippen molar-refractivity contribution in [2.45, 2.75) is 13.8 Å². The maximum atomic E-state index is 12.6. The number of para-hydroxylation sites is 1.